The van der Waals surface area contributed by atoms with Gasteiger partial charge in [-0.05, 0) is 23.3 Å². The third-order valence-electron chi connectivity index (χ3n) is 3.72. The molecule has 0 atom stereocenters. The van der Waals surface area contributed by atoms with Crippen LogP contribution in [-0.2, 0) is 31.5 Å². The summed E-state index contributed by atoms with van der Waals surface area (Å²) in [7, 11) is -1.83. The van der Waals surface area contributed by atoms with Crippen LogP contribution in [0.15, 0.2) is 91.0 Å². The van der Waals surface area contributed by atoms with Gasteiger partial charge in [-0.25, -0.2) is 0 Å². The lowest BCUT2D eigenvalue weighted by Crippen LogP contribution is -2.15. The van der Waals surface area contributed by atoms with Crippen molar-refractivity contribution in [3.8, 4) is 0 Å². The van der Waals surface area contributed by atoms with Crippen molar-refractivity contribution in [3.05, 3.63) is 102 Å². The Bertz CT molecular complexity index is 811. The van der Waals surface area contributed by atoms with Crippen molar-refractivity contribution in [1.82, 2.24) is 0 Å². The van der Waals surface area contributed by atoms with Gasteiger partial charge in [-0.2, -0.15) is 0 Å². The van der Waals surface area contributed by atoms with Crippen LogP contribution in [0.1, 0.15) is 11.1 Å². The number of rotatable bonds is 7. The average Bonchev–Trinajstić information content (AvgIpc) is 2.69. The number of hydrogen-bond acceptors (Lipinski definition) is 4. The van der Waals surface area contributed by atoms with Crippen molar-refractivity contribution in [3.63, 3.8) is 0 Å². The molecule has 0 radical (unpaired) electrons. The maximum Gasteiger partial charge on any atom is 0.330 e. The summed E-state index contributed by atoms with van der Waals surface area (Å²) in [4.78, 5) is 24.7. The quantitative estimate of drug-likeness (QED) is 0.579. The van der Waals surface area contributed by atoms with Crippen LogP contribution in [-0.4, -0.2) is 11.9 Å². The summed E-state index contributed by atoms with van der Waals surface area (Å²) in [6.45, 7) is 0. The Morgan fingerprint density at radius 3 is 1.37 bits per heavy atom. The first kappa shape index (κ1) is 18.8. The van der Waals surface area contributed by atoms with Crippen LogP contribution < -0.4 is 5.30 Å². The first-order valence-electron chi connectivity index (χ1n) is 8.55. The van der Waals surface area contributed by atoms with E-state index in [2.05, 4.69) is 0 Å². The number of benzene rings is 3. The van der Waals surface area contributed by atoms with E-state index >= 15 is 0 Å². The molecule has 0 N–H and O–H groups in total. The Hall–Kier alpha value is -2.97. The second-order valence-electron chi connectivity index (χ2n) is 5.84. The van der Waals surface area contributed by atoms with Gasteiger partial charge in [0.25, 0.3) is 0 Å². The van der Waals surface area contributed by atoms with Crippen LogP contribution in [0.5, 0.6) is 0 Å². The molecular weight excluding hydrogens is 359 g/mol. The summed E-state index contributed by atoms with van der Waals surface area (Å²) in [6, 6.07) is 27.7. The second-order valence-corrected chi connectivity index (χ2v) is 7.24. The molecule has 0 aliphatic heterocycles. The van der Waals surface area contributed by atoms with Crippen molar-refractivity contribution in [2.24, 2.45) is 0 Å². The molecule has 0 saturated carbocycles. The van der Waals surface area contributed by atoms with E-state index in [4.69, 9.17) is 9.05 Å². The van der Waals surface area contributed by atoms with Gasteiger partial charge in [0.1, 0.15) is 0 Å². The molecule has 0 fully saturated rings. The van der Waals surface area contributed by atoms with Gasteiger partial charge < -0.3 is 9.05 Å². The molecule has 5 heteroatoms. The zero-order valence-electron chi connectivity index (χ0n) is 14.7. The highest BCUT2D eigenvalue weighted by Crippen LogP contribution is 2.38. The topological polar surface area (TPSA) is 52.6 Å². The van der Waals surface area contributed by atoms with Crippen LogP contribution in [0.4, 0.5) is 0 Å². The van der Waals surface area contributed by atoms with Crippen LogP contribution in [0.2, 0.25) is 0 Å². The molecule has 0 aliphatic rings. The van der Waals surface area contributed by atoms with Gasteiger partial charge in [0.05, 0.1) is 18.1 Å². The highest BCUT2D eigenvalue weighted by atomic mass is 31.2. The Balaban J connectivity index is 1.67. The molecule has 0 amide bonds. The third-order valence-corrected chi connectivity index (χ3v) is 5.18. The zero-order chi connectivity index (χ0) is 18.9. The zero-order valence-corrected chi connectivity index (χ0v) is 15.5. The molecule has 3 aromatic rings. The van der Waals surface area contributed by atoms with Crippen molar-refractivity contribution in [1.29, 1.82) is 0 Å². The van der Waals surface area contributed by atoms with E-state index in [9.17, 15) is 9.59 Å². The summed E-state index contributed by atoms with van der Waals surface area (Å²) in [5, 5.41) is 0.676. The van der Waals surface area contributed by atoms with Gasteiger partial charge >= 0.3 is 20.3 Å². The highest BCUT2D eigenvalue weighted by molar-refractivity contribution is 7.57. The summed E-state index contributed by atoms with van der Waals surface area (Å²) in [5.41, 5.74) is 1.70. The molecule has 0 aliphatic carbocycles. The molecule has 0 heterocycles. The number of carbonyl (C=O) groups is 2. The molecule has 3 aromatic carbocycles. The minimum absolute atomic E-state index is 0.128. The molecule has 27 heavy (non-hydrogen) atoms. The first-order chi connectivity index (χ1) is 13.2. The highest BCUT2D eigenvalue weighted by Gasteiger charge is 2.23. The summed E-state index contributed by atoms with van der Waals surface area (Å²) < 4.78 is 11.1. The second kappa shape index (κ2) is 9.65. The lowest BCUT2D eigenvalue weighted by Gasteiger charge is -2.16. The summed E-state index contributed by atoms with van der Waals surface area (Å²) in [5.74, 6) is -0.854. The van der Waals surface area contributed by atoms with Crippen LogP contribution in [0.3, 0.4) is 0 Å². The van der Waals surface area contributed by atoms with Crippen molar-refractivity contribution >= 4 is 25.6 Å². The Kier molecular flexibility index (Phi) is 6.72. The maximum absolute atomic E-state index is 12.3. The summed E-state index contributed by atoms with van der Waals surface area (Å²) >= 11 is 0. The van der Waals surface area contributed by atoms with Gasteiger partial charge in [0, 0.05) is 0 Å². The van der Waals surface area contributed by atoms with Gasteiger partial charge in [0.15, 0.2) is 0 Å². The Labute approximate surface area is 159 Å². The van der Waals surface area contributed by atoms with Crippen LogP contribution in [0, 0.1) is 0 Å². The van der Waals surface area contributed by atoms with Crippen LogP contribution in [0.25, 0.3) is 0 Å². The SMILES string of the molecule is O=C(Cc1ccccc1)OP(OC(=O)Cc1ccccc1)c1ccccc1. The fourth-order valence-electron chi connectivity index (χ4n) is 2.45. The van der Waals surface area contributed by atoms with E-state index in [1.54, 1.807) is 12.1 Å². The summed E-state index contributed by atoms with van der Waals surface area (Å²) in [6.07, 6.45) is 0.255. The fourth-order valence-corrected chi connectivity index (χ4v) is 3.61. The van der Waals surface area contributed by atoms with E-state index in [0.717, 1.165) is 11.1 Å². The van der Waals surface area contributed by atoms with Crippen molar-refractivity contribution in [2.45, 2.75) is 12.8 Å². The largest absolute Gasteiger partial charge is 0.403 e. The molecule has 4 nitrogen and oxygen atoms in total. The predicted octanol–water partition coefficient (Wildman–Crippen LogP) is 4.20. The first-order valence-corrected chi connectivity index (χ1v) is 9.73. The van der Waals surface area contributed by atoms with Gasteiger partial charge in [-0.3, -0.25) is 9.59 Å². The predicted molar refractivity (Wildman–Crippen MR) is 105 cm³/mol. The molecule has 0 spiro atoms. The fraction of sp³-hybridized carbons (Fsp3) is 0.0909. The molecule has 0 bridgehead atoms. The number of hydrogen-bond donors (Lipinski definition) is 0. The molecule has 136 valence electrons. The van der Waals surface area contributed by atoms with E-state index in [0.29, 0.717) is 5.30 Å². The smallest absolute Gasteiger partial charge is 0.330 e. The molecule has 0 saturated heterocycles. The lowest BCUT2D eigenvalue weighted by atomic mass is 10.2. The van der Waals surface area contributed by atoms with Gasteiger partial charge in [-0.1, -0.05) is 78.9 Å². The van der Waals surface area contributed by atoms with E-state index in [1.807, 2.05) is 78.9 Å². The maximum atomic E-state index is 12.3. The van der Waals surface area contributed by atoms with Crippen LogP contribution >= 0.6 is 8.38 Å². The van der Waals surface area contributed by atoms with Gasteiger partial charge in [0.2, 0.25) is 0 Å². The minimum atomic E-state index is -1.83. The minimum Gasteiger partial charge on any atom is -0.403 e. The molecule has 3 rings (SSSR count). The average molecular weight is 378 g/mol. The third kappa shape index (κ3) is 6.05. The molecule has 0 aromatic heterocycles. The van der Waals surface area contributed by atoms with E-state index in [-0.39, 0.29) is 12.8 Å². The van der Waals surface area contributed by atoms with Gasteiger partial charge in [-0.15, -0.1) is 0 Å². The van der Waals surface area contributed by atoms with Crippen molar-refractivity contribution in [2.75, 3.05) is 0 Å². The normalized spacial score (nSPS) is 10.4. The Morgan fingerprint density at radius 1 is 0.593 bits per heavy atom. The lowest BCUT2D eigenvalue weighted by molar-refractivity contribution is -0.136. The standard InChI is InChI=1S/C22H19O4P/c23-21(16-18-10-4-1-5-11-18)25-27(20-14-8-3-9-15-20)26-22(24)17-19-12-6-2-7-13-19/h1-15H,16-17H2. The monoisotopic (exact) mass is 378 g/mol. The Morgan fingerprint density at radius 2 is 0.963 bits per heavy atom. The van der Waals surface area contributed by atoms with E-state index < -0.39 is 20.3 Å². The van der Waals surface area contributed by atoms with Crippen molar-refractivity contribution < 1.29 is 18.6 Å². The van der Waals surface area contributed by atoms with E-state index in [1.165, 1.54) is 0 Å². The number of carbonyl (C=O) groups excluding carboxylic acids is 2. The molecular formula is C22H19O4P. The molecule has 0 unspecified atom stereocenters.